The third-order valence-electron chi connectivity index (χ3n) is 4.04. The monoisotopic (exact) mass is 505 g/mol. The van der Waals surface area contributed by atoms with Gasteiger partial charge in [0.25, 0.3) is 0 Å². The van der Waals surface area contributed by atoms with Crippen molar-refractivity contribution in [1.29, 1.82) is 0 Å². The Balaban J connectivity index is 1.96. The fourth-order valence-electron chi connectivity index (χ4n) is 2.50. The Morgan fingerprint density at radius 3 is 2.62 bits per heavy atom. The van der Waals surface area contributed by atoms with E-state index in [2.05, 4.69) is 37.6 Å². The highest BCUT2D eigenvalue weighted by molar-refractivity contribution is 6.34. The molecule has 0 spiro atoms. The zero-order chi connectivity index (χ0) is 25.1. The van der Waals surface area contributed by atoms with Crippen LogP contribution < -0.4 is 26.8 Å². The van der Waals surface area contributed by atoms with Crippen molar-refractivity contribution >= 4 is 77.3 Å². The van der Waals surface area contributed by atoms with Crippen molar-refractivity contribution < 1.29 is 19.1 Å². The maximum Gasteiger partial charge on any atom is 0.411 e. The lowest BCUT2D eigenvalue weighted by Crippen LogP contribution is -2.32. The SMILES string of the molecule is C=N/N=C\N(N)c1ccc(Cl)cc1/C=C/C(=O)NCC(=O)Nc1ccc(NC(=O)OC)cc1Cl. The number of carbonyl (C=O) groups excluding carboxylic acids is 3. The van der Waals surface area contributed by atoms with Crippen molar-refractivity contribution in [2.24, 2.45) is 16.0 Å². The normalized spacial score (nSPS) is 10.7. The van der Waals surface area contributed by atoms with E-state index in [9.17, 15) is 14.4 Å². The van der Waals surface area contributed by atoms with Crippen LogP contribution in [-0.4, -0.2) is 44.6 Å². The maximum absolute atomic E-state index is 12.2. The molecular weight excluding hydrogens is 485 g/mol. The van der Waals surface area contributed by atoms with Crippen LogP contribution >= 0.6 is 23.2 Å². The largest absolute Gasteiger partial charge is 0.453 e. The zero-order valence-electron chi connectivity index (χ0n) is 17.9. The van der Waals surface area contributed by atoms with Gasteiger partial charge in [-0.3, -0.25) is 19.9 Å². The lowest BCUT2D eigenvalue weighted by atomic mass is 10.1. The first-order valence-corrected chi connectivity index (χ1v) is 10.2. The highest BCUT2D eigenvalue weighted by Gasteiger charge is 2.10. The summed E-state index contributed by atoms with van der Waals surface area (Å²) in [7, 11) is 1.23. The molecule has 0 fully saturated rings. The molecule has 3 amide bonds. The minimum absolute atomic E-state index is 0.184. The van der Waals surface area contributed by atoms with Gasteiger partial charge in [0, 0.05) is 29.1 Å². The van der Waals surface area contributed by atoms with Crippen LogP contribution in [0.2, 0.25) is 10.0 Å². The number of rotatable bonds is 9. The lowest BCUT2D eigenvalue weighted by Gasteiger charge is -2.15. The number of nitrogens with one attached hydrogen (secondary N) is 3. The molecule has 0 atom stereocenters. The third-order valence-corrected chi connectivity index (χ3v) is 4.59. The Morgan fingerprint density at radius 1 is 1.18 bits per heavy atom. The summed E-state index contributed by atoms with van der Waals surface area (Å²) in [6.07, 6.45) is 3.28. The number of carbonyl (C=O) groups is 3. The van der Waals surface area contributed by atoms with Crippen LogP contribution in [-0.2, 0) is 14.3 Å². The Morgan fingerprint density at radius 2 is 1.94 bits per heavy atom. The van der Waals surface area contributed by atoms with E-state index in [0.717, 1.165) is 0 Å². The molecule has 2 aromatic rings. The maximum atomic E-state index is 12.2. The van der Waals surface area contributed by atoms with Crippen molar-refractivity contribution in [3.8, 4) is 0 Å². The van der Waals surface area contributed by atoms with Gasteiger partial charge in [0.15, 0.2) is 0 Å². The number of halogens is 2. The molecule has 0 aliphatic carbocycles. The molecule has 178 valence electrons. The van der Waals surface area contributed by atoms with Crippen LogP contribution in [0.25, 0.3) is 6.08 Å². The predicted molar refractivity (Wildman–Crippen MR) is 134 cm³/mol. The molecule has 0 saturated carbocycles. The smallest absolute Gasteiger partial charge is 0.411 e. The van der Waals surface area contributed by atoms with Gasteiger partial charge >= 0.3 is 6.09 Å². The number of nitrogens with two attached hydrogens (primary N) is 1. The summed E-state index contributed by atoms with van der Waals surface area (Å²) in [4.78, 5) is 35.6. The third kappa shape index (κ3) is 8.20. The Bertz CT molecular complexity index is 1140. The van der Waals surface area contributed by atoms with Crippen LogP contribution in [0.3, 0.4) is 0 Å². The first-order valence-electron chi connectivity index (χ1n) is 9.46. The van der Waals surface area contributed by atoms with Gasteiger partial charge in [0.1, 0.15) is 6.34 Å². The van der Waals surface area contributed by atoms with E-state index in [0.29, 0.717) is 27.6 Å². The quantitative estimate of drug-likeness (QED) is 0.135. The number of nitrogens with zero attached hydrogens (tertiary/aromatic N) is 3. The molecule has 0 unspecified atom stereocenters. The van der Waals surface area contributed by atoms with Crippen LogP contribution in [0.4, 0.5) is 21.9 Å². The molecule has 13 heteroatoms. The number of amides is 3. The number of ether oxygens (including phenoxy) is 1. The predicted octanol–water partition coefficient (Wildman–Crippen LogP) is 3.26. The van der Waals surface area contributed by atoms with Gasteiger partial charge in [-0.1, -0.05) is 23.2 Å². The van der Waals surface area contributed by atoms with Gasteiger partial charge in [-0.15, -0.1) is 5.10 Å². The van der Waals surface area contributed by atoms with Crippen molar-refractivity contribution in [3.63, 3.8) is 0 Å². The Hall–Kier alpha value is -3.93. The summed E-state index contributed by atoms with van der Waals surface area (Å²) in [5.41, 5.74) is 1.71. The van der Waals surface area contributed by atoms with E-state index in [1.54, 1.807) is 18.2 Å². The van der Waals surface area contributed by atoms with E-state index < -0.39 is 17.9 Å². The van der Waals surface area contributed by atoms with Gasteiger partial charge in [-0.25, -0.2) is 10.6 Å². The number of methoxy groups -OCH3 is 1. The minimum Gasteiger partial charge on any atom is -0.453 e. The Labute approximate surface area is 205 Å². The highest BCUT2D eigenvalue weighted by atomic mass is 35.5. The number of anilines is 3. The van der Waals surface area contributed by atoms with Crippen LogP contribution in [0.5, 0.6) is 0 Å². The summed E-state index contributed by atoms with van der Waals surface area (Å²) < 4.78 is 4.50. The van der Waals surface area contributed by atoms with Crippen molar-refractivity contribution in [2.45, 2.75) is 0 Å². The van der Waals surface area contributed by atoms with Crippen LogP contribution in [0.15, 0.2) is 52.7 Å². The van der Waals surface area contributed by atoms with Gasteiger partial charge in [-0.05, 0) is 42.5 Å². The van der Waals surface area contributed by atoms with E-state index >= 15 is 0 Å². The molecule has 2 rings (SSSR count). The second kappa shape index (κ2) is 12.9. The van der Waals surface area contributed by atoms with Crippen molar-refractivity contribution in [3.05, 3.63) is 58.1 Å². The molecule has 11 nitrogen and oxygen atoms in total. The summed E-state index contributed by atoms with van der Waals surface area (Å²) in [5, 5.41) is 16.2. The molecule has 0 aliphatic rings. The number of hydrogen-bond acceptors (Lipinski definition) is 7. The Kier molecular flexibility index (Phi) is 10.0. The van der Waals surface area contributed by atoms with Gasteiger partial charge < -0.3 is 15.4 Å². The fraction of sp³-hybridized carbons (Fsp3) is 0.0952. The molecule has 0 saturated heterocycles. The summed E-state index contributed by atoms with van der Waals surface area (Å²) in [6, 6.07) is 9.32. The van der Waals surface area contributed by atoms with Crippen molar-refractivity contribution in [2.75, 3.05) is 29.3 Å². The second-order valence-corrected chi connectivity index (χ2v) is 7.24. The standard InChI is InChI=1S/C21H21Cl2N7O4/c1-25-27-12-30(24)18-7-4-14(22)9-13(18)3-8-19(31)26-11-20(32)29-17-6-5-15(10-16(17)23)28-21(33)34-2/h3-10,12H,1,11,24H2,2H3,(H,26,31)(H,28,33)(H,29,32)/b8-3+,27-12-. The zero-order valence-corrected chi connectivity index (χ0v) is 19.4. The number of hydrazine groups is 1. The van der Waals surface area contributed by atoms with E-state index in [4.69, 9.17) is 29.0 Å². The molecule has 0 aromatic heterocycles. The minimum atomic E-state index is -0.658. The van der Waals surface area contributed by atoms with Crippen LogP contribution in [0.1, 0.15) is 5.56 Å². The average molecular weight is 506 g/mol. The second-order valence-electron chi connectivity index (χ2n) is 6.39. The number of benzene rings is 2. The summed E-state index contributed by atoms with van der Waals surface area (Å²) >= 11 is 12.1. The molecule has 2 aromatic carbocycles. The first kappa shape index (κ1) is 26.3. The van der Waals surface area contributed by atoms with Gasteiger partial charge in [0.05, 0.1) is 30.1 Å². The molecule has 5 N–H and O–H groups in total. The first-order chi connectivity index (χ1) is 16.2. The number of hydrogen-bond donors (Lipinski definition) is 4. The van der Waals surface area contributed by atoms with Gasteiger partial charge in [-0.2, -0.15) is 5.10 Å². The highest BCUT2D eigenvalue weighted by Crippen LogP contribution is 2.26. The fourth-order valence-corrected chi connectivity index (χ4v) is 2.91. The summed E-state index contributed by atoms with van der Waals surface area (Å²) in [5.74, 6) is 4.85. The molecule has 0 radical (unpaired) electrons. The van der Waals surface area contributed by atoms with E-state index in [1.807, 2.05) is 0 Å². The van der Waals surface area contributed by atoms with Gasteiger partial charge in [0.2, 0.25) is 11.8 Å². The molecule has 0 heterocycles. The average Bonchev–Trinajstić information content (AvgIpc) is 2.81. The topological polar surface area (TPSA) is 151 Å². The van der Waals surface area contributed by atoms with Crippen molar-refractivity contribution in [1.82, 2.24) is 5.32 Å². The molecule has 0 aliphatic heterocycles. The summed E-state index contributed by atoms with van der Waals surface area (Å²) in [6.45, 7) is 2.91. The molecule has 34 heavy (non-hydrogen) atoms. The van der Waals surface area contributed by atoms with E-state index in [-0.39, 0.29) is 11.6 Å². The molecule has 0 bridgehead atoms. The van der Waals surface area contributed by atoms with E-state index in [1.165, 1.54) is 48.8 Å². The van der Waals surface area contributed by atoms with Crippen LogP contribution in [0, 0.1) is 0 Å². The lowest BCUT2D eigenvalue weighted by molar-refractivity contribution is -0.121. The molecular formula is C21H21Cl2N7O4.